The molecule has 2 rings (SSSR count). The van der Waals surface area contributed by atoms with Crippen LogP contribution in [0.15, 0.2) is 30.5 Å². The Bertz CT molecular complexity index is 558. The Morgan fingerprint density at radius 1 is 1.06 bits per heavy atom. The van der Waals surface area contributed by atoms with E-state index in [1.54, 1.807) is 0 Å². The predicted molar refractivity (Wildman–Crippen MR) is 59.5 cm³/mol. The zero-order valence-corrected chi connectivity index (χ0v) is 9.12. The molecule has 0 aliphatic rings. The van der Waals surface area contributed by atoms with E-state index in [0.717, 1.165) is 12.1 Å². The van der Waals surface area contributed by atoms with Crippen molar-refractivity contribution in [1.82, 2.24) is 4.98 Å². The Morgan fingerprint density at radius 2 is 1.83 bits per heavy atom. The number of anilines is 1. The number of nitrogens with zero attached hydrogens (tertiary/aromatic N) is 1. The van der Waals surface area contributed by atoms with Gasteiger partial charge in [0.1, 0.15) is 5.75 Å². The van der Waals surface area contributed by atoms with Crippen molar-refractivity contribution >= 4 is 5.69 Å². The van der Waals surface area contributed by atoms with E-state index in [9.17, 15) is 13.2 Å². The minimum absolute atomic E-state index is 0.0118. The van der Waals surface area contributed by atoms with E-state index >= 15 is 0 Å². The molecule has 6 heteroatoms. The number of hydrogen-bond donors (Lipinski definition) is 2. The third kappa shape index (κ3) is 2.53. The Hall–Kier alpha value is -2.24. The average molecular weight is 254 g/mol. The first-order valence-electron chi connectivity index (χ1n) is 5.09. The van der Waals surface area contributed by atoms with Crippen molar-refractivity contribution in [2.45, 2.75) is 6.54 Å². The first-order chi connectivity index (χ1) is 8.58. The molecule has 1 aromatic carbocycles. The Labute approximate surface area is 101 Å². The summed E-state index contributed by atoms with van der Waals surface area (Å²) in [6.45, 7) is 0.127. The molecule has 18 heavy (non-hydrogen) atoms. The molecule has 0 saturated carbocycles. The molecule has 1 heterocycles. The van der Waals surface area contributed by atoms with Crippen LogP contribution in [0, 0.1) is 17.5 Å². The second kappa shape index (κ2) is 4.95. The summed E-state index contributed by atoms with van der Waals surface area (Å²) in [6.07, 6.45) is 1.23. The van der Waals surface area contributed by atoms with Crippen molar-refractivity contribution in [3.05, 3.63) is 53.6 Å². The highest BCUT2D eigenvalue weighted by molar-refractivity contribution is 5.45. The monoisotopic (exact) mass is 254 g/mol. The second-order valence-corrected chi connectivity index (χ2v) is 3.58. The van der Waals surface area contributed by atoms with Crippen LogP contribution in [-0.4, -0.2) is 10.1 Å². The lowest BCUT2D eigenvalue weighted by Crippen LogP contribution is -2.05. The van der Waals surface area contributed by atoms with Gasteiger partial charge >= 0.3 is 0 Å². The van der Waals surface area contributed by atoms with Gasteiger partial charge in [-0.25, -0.2) is 13.2 Å². The van der Waals surface area contributed by atoms with Gasteiger partial charge in [-0.2, -0.15) is 0 Å². The molecule has 1 aromatic heterocycles. The van der Waals surface area contributed by atoms with Gasteiger partial charge in [-0.05, 0) is 24.3 Å². The van der Waals surface area contributed by atoms with Crippen molar-refractivity contribution in [3.8, 4) is 5.75 Å². The molecule has 0 atom stereocenters. The lowest BCUT2D eigenvalue weighted by Gasteiger charge is -2.08. The van der Waals surface area contributed by atoms with Crippen molar-refractivity contribution in [2.75, 3.05) is 5.32 Å². The summed E-state index contributed by atoms with van der Waals surface area (Å²) in [5, 5.41) is 11.6. The molecule has 0 saturated heterocycles. The number of hydrogen-bond acceptors (Lipinski definition) is 3. The van der Waals surface area contributed by atoms with Crippen LogP contribution in [0.3, 0.4) is 0 Å². The lowest BCUT2D eigenvalue weighted by atomic mass is 10.2. The zero-order chi connectivity index (χ0) is 13.1. The van der Waals surface area contributed by atoms with Crippen LogP contribution in [0.1, 0.15) is 5.69 Å². The van der Waals surface area contributed by atoms with E-state index in [-0.39, 0.29) is 18.0 Å². The molecule has 94 valence electrons. The third-order valence-electron chi connectivity index (χ3n) is 2.30. The first-order valence-corrected chi connectivity index (χ1v) is 5.09. The number of pyridine rings is 1. The maximum Gasteiger partial charge on any atom is 0.196 e. The van der Waals surface area contributed by atoms with Crippen LogP contribution in [0.5, 0.6) is 5.75 Å². The molecule has 0 aliphatic carbocycles. The van der Waals surface area contributed by atoms with Crippen LogP contribution in [0.4, 0.5) is 18.9 Å². The van der Waals surface area contributed by atoms with Crippen LogP contribution in [0.2, 0.25) is 0 Å². The maximum absolute atomic E-state index is 13.3. The van der Waals surface area contributed by atoms with Crippen molar-refractivity contribution < 1.29 is 18.3 Å². The largest absolute Gasteiger partial charge is 0.506 e. The summed E-state index contributed by atoms with van der Waals surface area (Å²) in [7, 11) is 0. The number of aromatic nitrogens is 1. The summed E-state index contributed by atoms with van der Waals surface area (Å²) >= 11 is 0. The Balaban J connectivity index is 2.11. The molecule has 0 bridgehead atoms. The smallest absolute Gasteiger partial charge is 0.196 e. The molecule has 0 unspecified atom stereocenters. The average Bonchev–Trinajstić information content (AvgIpc) is 2.37. The first kappa shape index (κ1) is 12.2. The fraction of sp³-hybridized carbons (Fsp3) is 0.0833. The van der Waals surface area contributed by atoms with Gasteiger partial charge in [-0.1, -0.05) is 0 Å². The fourth-order valence-corrected chi connectivity index (χ4v) is 1.37. The van der Waals surface area contributed by atoms with Gasteiger partial charge in [-0.15, -0.1) is 0 Å². The molecular formula is C12H9F3N2O. The number of rotatable bonds is 3. The molecule has 0 aliphatic heterocycles. The quantitative estimate of drug-likeness (QED) is 0.828. The summed E-state index contributed by atoms with van der Waals surface area (Å²) in [5.74, 6) is -4.01. The van der Waals surface area contributed by atoms with Gasteiger partial charge < -0.3 is 10.4 Å². The molecule has 0 radical (unpaired) electrons. The molecule has 0 spiro atoms. The number of aromatic hydroxyl groups is 1. The summed E-state index contributed by atoms with van der Waals surface area (Å²) < 4.78 is 38.9. The van der Waals surface area contributed by atoms with Crippen LogP contribution in [0.25, 0.3) is 0 Å². The van der Waals surface area contributed by atoms with Gasteiger partial charge in [-0.3, -0.25) is 4.98 Å². The third-order valence-corrected chi connectivity index (χ3v) is 2.30. The van der Waals surface area contributed by atoms with Crippen LogP contribution in [-0.2, 0) is 6.54 Å². The zero-order valence-electron chi connectivity index (χ0n) is 9.12. The standard InChI is InChI=1S/C12H9F3N2O/c13-9-3-4-10(12(15)11(9)14)17-5-7-1-2-8(18)6-16-7/h1-4,6,17-18H,5H2. The fourth-order valence-electron chi connectivity index (χ4n) is 1.37. The second-order valence-electron chi connectivity index (χ2n) is 3.58. The van der Waals surface area contributed by atoms with Crippen molar-refractivity contribution in [1.29, 1.82) is 0 Å². The molecule has 3 nitrogen and oxygen atoms in total. The van der Waals surface area contributed by atoms with Gasteiger partial charge in [0, 0.05) is 0 Å². The molecule has 0 amide bonds. The van der Waals surface area contributed by atoms with Crippen LogP contribution < -0.4 is 5.32 Å². The molecule has 2 aromatic rings. The summed E-state index contributed by atoms with van der Waals surface area (Å²) in [4.78, 5) is 3.86. The summed E-state index contributed by atoms with van der Waals surface area (Å²) in [5.41, 5.74) is 0.376. The van der Waals surface area contributed by atoms with E-state index in [0.29, 0.717) is 5.69 Å². The normalized spacial score (nSPS) is 10.4. The van der Waals surface area contributed by atoms with E-state index in [1.165, 1.54) is 18.3 Å². The molecular weight excluding hydrogens is 245 g/mol. The Kier molecular flexibility index (Phi) is 3.36. The van der Waals surface area contributed by atoms with Crippen molar-refractivity contribution in [3.63, 3.8) is 0 Å². The highest BCUT2D eigenvalue weighted by Crippen LogP contribution is 2.20. The van der Waals surface area contributed by atoms with Gasteiger partial charge in [0.05, 0.1) is 24.1 Å². The molecule has 2 N–H and O–H groups in total. The van der Waals surface area contributed by atoms with E-state index < -0.39 is 17.5 Å². The number of nitrogens with one attached hydrogen (secondary N) is 1. The number of halogens is 3. The number of benzene rings is 1. The SMILES string of the molecule is Oc1ccc(CNc2ccc(F)c(F)c2F)nc1. The minimum Gasteiger partial charge on any atom is -0.506 e. The van der Waals surface area contributed by atoms with Crippen molar-refractivity contribution in [2.24, 2.45) is 0 Å². The van der Waals surface area contributed by atoms with Crippen LogP contribution >= 0.6 is 0 Å². The lowest BCUT2D eigenvalue weighted by molar-refractivity contribution is 0.449. The highest BCUT2D eigenvalue weighted by atomic mass is 19.2. The maximum atomic E-state index is 13.3. The van der Waals surface area contributed by atoms with E-state index in [2.05, 4.69) is 10.3 Å². The van der Waals surface area contributed by atoms with E-state index in [4.69, 9.17) is 5.11 Å². The van der Waals surface area contributed by atoms with Gasteiger partial charge in [0.25, 0.3) is 0 Å². The topological polar surface area (TPSA) is 45.1 Å². The Morgan fingerprint density at radius 3 is 2.50 bits per heavy atom. The van der Waals surface area contributed by atoms with Gasteiger partial charge in [0.15, 0.2) is 17.5 Å². The highest BCUT2D eigenvalue weighted by Gasteiger charge is 2.12. The predicted octanol–water partition coefficient (Wildman–Crippen LogP) is 2.82. The molecule has 0 fully saturated rings. The minimum atomic E-state index is -1.52. The summed E-state index contributed by atoms with van der Waals surface area (Å²) in [6, 6.07) is 4.89. The van der Waals surface area contributed by atoms with E-state index in [1.807, 2.05) is 0 Å². The van der Waals surface area contributed by atoms with Gasteiger partial charge in [0.2, 0.25) is 0 Å².